The van der Waals surface area contributed by atoms with Gasteiger partial charge in [-0.3, -0.25) is 14.7 Å². The zero-order chi connectivity index (χ0) is 25.0. The first-order chi connectivity index (χ1) is 18.2. The number of imidazole rings is 1. The number of nitrogens with one attached hydrogen (secondary N) is 1. The van der Waals surface area contributed by atoms with Crippen LogP contribution in [-0.4, -0.2) is 25.9 Å². The molecule has 3 heterocycles. The van der Waals surface area contributed by atoms with Crippen molar-refractivity contribution in [2.24, 2.45) is 4.99 Å². The molecule has 0 atom stereocenters. The zero-order valence-corrected chi connectivity index (χ0v) is 21.3. The van der Waals surface area contributed by atoms with E-state index < -0.39 is 0 Å². The van der Waals surface area contributed by atoms with Crippen LogP contribution < -0.4 is 0 Å². The number of amides is 1. The molecule has 182 valence electrons. The van der Waals surface area contributed by atoms with E-state index in [9.17, 15) is 4.79 Å². The van der Waals surface area contributed by atoms with Crippen LogP contribution in [0.25, 0.3) is 17.1 Å². The molecule has 6 nitrogen and oxygen atoms in total. The minimum absolute atomic E-state index is 0.0800. The number of amidine groups is 1. The number of benzene rings is 3. The monoisotopic (exact) mass is 522 g/mol. The van der Waals surface area contributed by atoms with Crippen molar-refractivity contribution in [3.8, 4) is 0 Å². The number of H-pyrrole nitrogens is 1. The maximum Gasteiger partial charge on any atom is 0.267 e. The third-order valence-electron chi connectivity index (χ3n) is 5.75. The van der Waals surface area contributed by atoms with Crippen molar-refractivity contribution in [3.63, 3.8) is 0 Å². The number of furan rings is 1. The molecule has 1 fully saturated rings. The van der Waals surface area contributed by atoms with E-state index in [2.05, 4.69) is 9.97 Å². The smallest absolute Gasteiger partial charge is 0.267 e. The summed E-state index contributed by atoms with van der Waals surface area (Å²) in [4.78, 5) is 28.4. The third kappa shape index (κ3) is 5.40. The standard InChI is InChI=1S/C29H22N4O2S2/c34-27-25(17-22-15-16-26(35-22)37-28-31-23-13-7-8-14-24(23)32-28)36-29(30-18-20-9-3-1-4-10-20)33(27)19-21-11-5-2-6-12-21/h1-17H,18-19H2,(H,31,32)/b25-17-,30-29?. The van der Waals surface area contributed by atoms with Crippen molar-refractivity contribution < 1.29 is 9.21 Å². The molecule has 1 aliphatic rings. The second-order valence-electron chi connectivity index (χ2n) is 8.39. The summed E-state index contributed by atoms with van der Waals surface area (Å²) < 4.78 is 6.01. The molecule has 0 saturated carbocycles. The van der Waals surface area contributed by atoms with Crippen LogP contribution in [0.5, 0.6) is 0 Å². The number of fused-ring (bicyclic) bond motifs is 1. The number of para-hydroxylation sites is 2. The fraction of sp³-hybridized carbons (Fsp3) is 0.0690. The number of aliphatic imine (C=N–C) groups is 1. The average molecular weight is 523 g/mol. The summed E-state index contributed by atoms with van der Waals surface area (Å²) in [6.45, 7) is 0.969. The number of aromatic amines is 1. The van der Waals surface area contributed by atoms with Gasteiger partial charge < -0.3 is 9.40 Å². The molecule has 6 rings (SSSR count). The van der Waals surface area contributed by atoms with Crippen molar-refractivity contribution in [2.45, 2.75) is 23.3 Å². The van der Waals surface area contributed by atoms with E-state index in [1.807, 2.05) is 97.1 Å². The van der Waals surface area contributed by atoms with Crippen molar-refractivity contribution in [3.05, 3.63) is 119 Å². The lowest BCUT2D eigenvalue weighted by molar-refractivity contribution is -0.122. The molecule has 2 aromatic heterocycles. The molecule has 1 amide bonds. The van der Waals surface area contributed by atoms with Crippen LogP contribution in [0.4, 0.5) is 0 Å². The molecule has 1 aliphatic heterocycles. The van der Waals surface area contributed by atoms with Gasteiger partial charge >= 0.3 is 0 Å². The summed E-state index contributed by atoms with van der Waals surface area (Å²) in [6.07, 6.45) is 1.79. The quantitative estimate of drug-likeness (QED) is 0.233. The fourth-order valence-electron chi connectivity index (χ4n) is 3.94. The number of hydrogen-bond donors (Lipinski definition) is 1. The van der Waals surface area contributed by atoms with Gasteiger partial charge in [-0.25, -0.2) is 4.98 Å². The first kappa shape index (κ1) is 23.4. The predicted octanol–water partition coefficient (Wildman–Crippen LogP) is 6.98. The summed E-state index contributed by atoms with van der Waals surface area (Å²) in [6, 6.07) is 31.6. The lowest BCUT2D eigenvalue weighted by Gasteiger charge is -2.15. The largest absolute Gasteiger partial charge is 0.450 e. The maximum atomic E-state index is 13.4. The fourth-order valence-corrected chi connectivity index (χ4v) is 5.67. The van der Waals surface area contributed by atoms with Gasteiger partial charge in [-0.2, -0.15) is 0 Å². The molecular formula is C29H22N4O2S2. The van der Waals surface area contributed by atoms with Crippen LogP contribution in [0.1, 0.15) is 16.9 Å². The molecule has 0 unspecified atom stereocenters. The highest BCUT2D eigenvalue weighted by atomic mass is 32.2. The Morgan fingerprint density at radius 1 is 0.919 bits per heavy atom. The maximum absolute atomic E-state index is 13.4. The first-order valence-corrected chi connectivity index (χ1v) is 13.4. The number of aromatic nitrogens is 2. The Morgan fingerprint density at radius 3 is 2.43 bits per heavy atom. The van der Waals surface area contributed by atoms with Crippen LogP contribution in [-0.2, 0) is 17.9 Å². The van der Waals surface area contributed by atoms with Gasteiger partial charge in [-0.1, -0.05) is 72.8 Å². The molecule has 3 aromatic carbocycles. The van der Waals surface area contributed by atoms with E-state index in [4.69, 9.17) is 9.41 Å². The van der Waals surface area contributed by atoms with E-state index in [0.717, 1.165) is 27.3 Å². The van der Waals surface area contributed by atoms with Crippen molar-refractivity contribution in [1.29, 1.82) is 0 Å². The Balaban J connectivity index is 1.23. The Kier molecular flexibility index (Phi) is 6.66. The minimum Gasteiger partial charge on any atom is -0.450 e. The van der Waals surface area contributed by atoms with Crippen molar-refractivity contribution in [2.75, 3.05) is 0 Å². The summed E-state index contributed by atoms with van der Waals surface area (Å²) >= 11 is 2.79. The topological polar surface area (TPSA) is 74.5 Å². The Hall–Kier alpha value is -4.01. The van der Waals surface area contributed by atoms with Crippen LogP contribution in [0.15, 0.2) is 122 Å². The Labute approximate surface area is 222 Å². The number of thioether (sulfide) groups is 1. The molecule has 0 spiro atoms. The lowest BCUT2D eigenvalue weighted by atomic mass is 10.2. The third-order valence-corrected chi connectivity index (χ3v) is 7.60. The Morgan fingerprint density at radius 2 is 1.65 bits per heavy atom. The highest BCUT2D eigenvalue weighted by Crippen LogP contribution is 2.35. The zero-order valence-electron chi connectivity index (χ0n) is 19.7. The van der Waals surface area contributed by atoms with Gasteiger partial charge in [0.2, 0.25) is 0 Å². The molecule has 37 heavy (non-hydrogen) atoms. The normalized spacial score (nSPS) is 15.9. The van der Waals surface area contributed by atoms with Crippen molar-refractivity contribution >= 4 is 51.7 Å². The second-order valence-corrected chi connectivity index (χ2v) is 10.4. The predicted molar refractivity (Wildman–Crippen MR) is 149 cm³/mol. The molecular weight excluding hydrogens is 500 g/mol. The van der Waals surface area contributed by atoms with Gasteiger partial charge in [0.05, 0.1) is 29.0 Å². The molecule has 0 radical (unpaired) electrons. The molecule has 1 saturated heterocycles. The van der Waals surface area contributed by atoms with Gasteiger partial charge in [0.25, 0.3) is 5.91 Å². The number of carbonyl (C=O) groups excluding carboxylic acids is 1. The van der Waals surface area contributed by atoms with E-state index in [-0.39, 0.29) is 5.91 Å². The van der Waals surface area contributed by atoms with E-state index in [1.54, 1.807) is 11.0 Å². The summed E-state index contributed by atoms with van der Waals surface area (Å²) in [5, 5.41) is 2.14. The van der Waals surface area contributed by atoms with Gasteiger partial charge in [0.15, 0.2) is 15.4 Å². The van der Waals surface area contributed by atoms with Gasteiger partial charge in [0, 0.05) is 6.08 Å². The van der Waals surface area contributed by atoms with Crippen LogP contribution >= 0.6 is 23.5 Å². The number of nitrogens with zero attached hydrogens (tertiary/aromatic N) is 3. The van der Waals surface area contributed by atoms with Crippen LogP contribution in [0.3, 0.4) is 0 Å². The summed E-state index contributed by atoms with van der Waals surface area (Å²) in [5.41, 5.74) is 4.03. The highest BCUT2D eigenvalue weighted by Gasteiger charge is 2.33. The molecule has 5 aromatic rings. The van der Waals surface area contributed by atoms with E-state index >= 15 is 0 Å². The Bertz CT molecular complexity index is 1570. The van der Waals surface area contributed by atoms with Gasteiger partial charge in [-0.05, 0) is 58.9 Å². The first-order valence-electron chi connectivity index (χ1n) is 11.8. The molecule has 0 bridgehead atoms. The molecule has 8 heteroatoms. The minimum atomic E-state index is -0.0800. The van der Waals surface area contributed by atoms with E-state index in [0.29, 0.717) is 34.0 Å². The number of rotatable bonds is 7. The summed E-state index contributed by atoms with van der Waals surface area (Å²) in [7, 11) is 0. The van der Waals surface area contributed by atoms with Gasteiger partial charge in [0.1, 0.15) is 5.76 Å². The SMILES string of the molecule is O=C1/C(=C/c2ccc(Sc3nc4ccccc4[nH]3)o2)SC(=NCc2ccccc2)N1Cc1ccccc1. The lowest BCUT2D eigenvalue weighted by Crippen LogP contribution is -2.28. The highest BCUT2D eigenvalue weighted by molar-refractivity contribution is 8.18. The van der Waals surface area contributed by atoms with Crippen LogP contribution in [0.2, 0.25) is 0 Å². The van der Waals surface area contributed by atoms with E-state index in [1.165, 1.54) is 23.5 Å². The number of carbonyl (C=O) groups is 1. The summed E-state index contributed by atoms with van der Waals surface area (Å²) in [5.74, 6) is 0.530. The number of hydrogen-bond acceptors (Lipinski definition) is 6. The second kappa shape index (κ2) is 10.5. The van der Waals surface area contributed by atoms with Crippen molar-refractivity contribution in [1.82, 2.24) is 14.9 Å². The molecule has 0 aliphatic carbocycles. The van der Waals surface area contributed by atoms with Gasteiger partial charge in [-0.15, -0.1) is 0 Å². The average Bonchev–Trinajstić information content (AvgIpc) is 3.63. The van der Waals surface area contributed by atoms with Crippen LogP contribution in [0, 0.1) is 0 Å². The molecule has 1 N–H and O–H groups in total.